The van der Waals surface area contributed by atoms with Crippen LogP contribution in [0.4, 0.5) is 0 Å². The normalized spacial score (nSPS) is 13.8. The van der Waals surface area contributed by atoms with Crippen LogP contribution in [-0.2, 0) is 25.8 Å². The number of hydrogen-bond acceptors (Lipinski definition) is 5. The van der Waals surface area contributed by atoms with Gasteiger partial charge in [-0.3, -0.25) is 0 Å². The highest BCUT2D eigenvalue weighted by atomic mass is 16.4. The van der Waals surface area contributed by atoms with Gasteiger partial charge in [-0.1, -0.05) is 49.4 Å². The second-order valence-corrected chi connectivity index (χ2v) is 9.99. The Morgan fingerprint density at radius 2 is 1.82 bits per heavy atom. The monoisotopic (exact) mass is 499 g/mol. The number of fused-ring (bicyclic) bond motifs is 3. The molecular weight excluding hydrogens is 470 g/mol. The third-order valence-corrected chi connectivity index (χ3v) is 7.35. The molecule has 0 amide bonds. The molecule has 0 radical (unpaired) electrons. The second kappa shape index (κ2) is 9.75. The molecule has 6 nitrogen and oxygen atoms in total. The Balaban J connectivity index is 1.44. The lowest BCUT2D eigenvalue weighted by Crippen LogP contribution is -2.06. The Bertz CT molecular complexity index is 1750. The SMILES string of the molecule is CCCc1nc2c(C)cc(-c3nnc(C)o3)cc2n1Cc1ccc2c(c1)CCc1ccccc1C2=CC#N. The molecule has 2 heterocycles. The van der Waals surface area contributed by atoms with Crippen LogP contribution in [0.25, 0.3) is 28.1 Å². The van der Waals surface area contributed by atoms with E-state index >= 15 is 0 Å². The average Bonchev–Trinajstić information content (AvgIpc) is 3.46. The van der Waals surface area contributed by atoms with E-state index in [9.17, 15) is 5.26 Å². The summed E-state index contributed by atoms with van der Waals surface area (Å²) in [5.41, 5.74) is 11.2. The molecule has 0 fully saturated rings. The van der Waals surface area contributed by atoms with Crippen molar-refractivity contribution >= 4 is 16.6 Å². The lowest BCUT2D eigenvalue weighted by molar-refractivity contribution is 0.533. The standard InChI is InChI=1S/C32H29N5O/c1-4-7-30-34-31-20(2)16-25(32-36-35-21(3)38-32)18-29(31)37(30)19-22-10-13-27-24(17-22)12-11-23-8-5-6-9-26(23)28(27)14-15-33/h5-6,8-10,13-14,16-18H,4,7,11-12,19H2,1-3H3. The first kappa shape index (κ1) is 23.9. The number of nitrogens with zero attached hydrogens (tertiary/aromatic N) is 5. The minimum absolute atomic E-state index is 0.527. The first-order chi connectivity index (χ1) is 18.6. The van der Waals surface area contributed by atoms with E-state index in [4.69, 9.17) is 9.40 Å². The minimum Gasteiger partial charge on any atom is -0.421 e. The molecule has 188 valence electrons. The molecule has 1 aliphatic rings. The van der Waals surface area contributed by atoms with E-state index in [1.54, 1.807) is 13.0 Å². The van der Waals surface area contributed by atoms with Gasteiger partial charge in [-0.15, -0.1) is 10.2 Å². The van der Waals surface area contributed by atoms with Crippen molar-refractivity contribution in [3.63, 3.8) is 0 Å². The third kappa shape index (κ3) is 4.20. The maximum Gasteiger partial charge on any atom is 0.247 e. The molecule has 2 aromatic heterocycles. The maximum atomic E-state index is 9.55. The van der Waals surface area contributed by atoms with E-state index in [0.29, 0.717) is 11.8 Å². The van der Waals surface area contributed by atoms with Gasteiger partial charge in [0.1, 0.15) is 5.82 Å². The smallest absolute Gasteiger partial charge is 0.247 e. The van der Waals surface area contributed by atoms with E-state index in [-0.39, 0.29) is 0 Å². The van der Waals surface area contributed by atoms with Crippen LogP contribution in [0.2, 0.25) is 0 Å². The molecule has 6 rings (SSSR count). The van der Waals surface area contributed by atoms with E-state index in [0.717, 1.165) is 76.9 Å². The largest absolute Gasteiger partial charge is 0.421 e. The van der Waals surface area contributed by atoms with E-state index in [1.165, 1.54) is 16.7 Å². The molecule has 0 unspecified atom stereocenters. The molecule has 38 heavy (non-hydrogen) atoms. The fourth-order valence-corrected chi connectivity index (χ4v) is 5.60. The van der Waals surface area contributed by atoms with Crippen molar-refractivity contribution in [1.82, 2.24) is 19.7 Å². The molecule has 0 N–H and O–H groups in total. The number of hydrogen-bond donors (Lipinski definition) is 0. The predicted molar refractivity (Wildman–Crippen MR) is 149 cm³/mol. The Morgan fingerprint density at radius 1 is 1.00 bits per heavy atom. The van der Waals surface area contributed by atoms with Crippen molar-refractivity contribution < 1.29 is 4.42 Å². The molecule has 3 aromatic carbocycles. The van der Waals surface area contributed by atoms with Crippen LogP contribution >= 0.6 is 0 Å². The Kier molecular flexibility index (Phi) is 6.13. The van der Waals surface area contributed by atoms with Crippen LogP contribution in [0, 0.1) is 25.2 Å². The summed E-state index contributed by atoms with van der Waals surface area (Å²) < 4.78 is 8.07. The molecule has 1 aliphatic carbocycles. The molecule has 0 aliphatic heterocycles. The highest BCUT2D eigenvalue weighted by molar-refractivity contribution is 5.86. The van der Waals surface area contributed by atoms with Gasteiger partial charge in [-0.05, 0) is 77.3 Å². The highest BCUT2D eigenvalue weighted by Gasteiger charge is 2.20. The van der Waals surface area contributed by atoms with Crippen molar-refractivity contribution in [1.29, 1.82) is 5.26 Å². The molecule has 0 atom stereocenters. The van der Waals surface area contributed by atoms with Gasteiger partial charge in [0.25, 0.3) is 0 Å². The summed E-state index contributed by atoms with van der Waals surface area (Å²) in [7, 11) is 0. The van der Waals surface area contributed by atoms with Crippen LogP contribution in [0.15, 0.2) is 65.1 Å². The summed E-state index contributed by atoms with van der Waals surface area (Å²) >= 11 is 0. The van der Waals surface area contributed by atoms with E-state index in [1.807, 2.05) is 0 Å². The molecule has 0 saturated carbocycles. The van der Waals surface area contributed by atoms with Gasteiger partial charge in [0, 0.05) is 31.5 Å². The summed E-state index contributed by atoms with van der Waals surface area (Å²) in [5.74, 6) is 2.16. The molecule has 6 heteroatoms. The summed E-state index contributed by atoms with van der Waals surface area (Å²) in [4.78, 5) is 5.06. The number of nitriles is 1. The van der Waals surface area contributed by atoms with Crippen LogP contribution in [0.1, 0.15) is 58.4 Å². The van der Waals surface area contributed by atoms with E-state index in [2.05, 4.69) is 89.3 Å². The van der Waals surface area contributed by atoms with Crippen LogP contribution in [-0.4, -0.2) is 19.7 Å². The lowest BCUT2D eigenvalue weighted by atomic mass is 9.93. The molecule has 0 saturated heterocycles. The van der Waals surface area contributed by atoms with Gasteiger partial charge in [-0.2, -0.15) is 5.26 Å². The Labute approximate surface area is 222 Å². The number of rotatable bonds is 5. The van der Waals surface area contributed by atoms with Gasteiger partial charge in [0.05, 0.1) is 17.1 Å². The fraction of sp³-hybridized carbons (Fsp3) is 0.250. The number of allylic oxidation sites excluding steroid dienone is 1. The lowest BCUT2D eigenvalue weighted by Gasteiger charge is -2.14. The van der Waals surface area contributed by atoms with E-state index < -0.39 is 0 Å². The Morgan fingerprint density at radius 3 is 2.61 bits per heavy atom. The summed E-state index contributed by atoms with van der Waals surface area (Å²) in [6.07, 6.45) is 5.50. The van der Waals surface area contributed by atoms with Crippen molar-refractivity contribution in [3.8, 4) is 17.5 Å². The topological polar surface area (TPSA) is 80.5 Å². The van der Waals surface area contributed by atoms with Gasteiger partial charge < -0.3 is 8.98 Å². The molecule has 0 spiro atoms. The Hall–Kier alpha value is -4.50. The minimum atomic E-state index is 0.527. The van der Waals surface area contributed by atoms with Crippen LogP contribution in [0.3, 0.4) is 0 Å². The highest BCUT2D eigenvalue weighted by Crippen LogP contribution is 2.35. The summed E-state index contributed by atoms with van der Waals surface area (Å²) in [5, 5.41) is 17.8. The molecular formula is C32H29N5O. The maximum absolute atomic E-state index is 9.55. The number of benzene rings is 3. The first-order valence-electron chi connectivity index (χ1n) is 13.2. The third-order valence-electron chi connectivity index (χ3n) is 7.35. The predicted octanol–water partition coefficient (Wildman–Crippen LogP) is 6.76. The van der Waals surface area contributed by atoms with Crippen molar-refractivity contribution in [2.24, 2.45) is 0 Å². The molecule has 0 bridgehead atoms. The van der Waals surface area contributed by atoms with Crippen LogP contribution in [0.5, 0.6) is 0 Å². The van der Waals surface area contributed by atoms with Crippen molar-refractivity contribution in [2.75, 3.05) is 0 Å². The van der Waals surface area contributed by atoms with Gasteiger partial charge in [-0.25, -0.2) is 4.98 Å². The quantitative estimate of drug-likeness (QED) is 0.250. The summed E-state index contributed by atoms with van der Waals surface area (Å²) in [6, 6.07) is 21.6. The van der Waals surface area contributed by atoms with Crippen molar-refractivity contribution in [2.45, 2.75) is 53.0 Å². The molecule has 5 aromatic rings. The summed E-state index contributed by atoms with van der Waals surface area (Å²) in [6.45, 7) is 6.80. The average molecular weight is 500 g/mol. The number of imidazole rings is 1. The zero-order valence-corrected chi connectivity index (χ0v) is 22.0. The van der Waals surface area contributed by atoms with Gasteiger partial charge in [0.2, 0.25) is 11.8 Å². The number of aryl methyl sites for hydroxylation is 5. The first-order valence-corrected chi connectivity index (χ1v) is 13.2. The second-order valence-electron chi connectivity index (χ2n) is 9.99. The van der Waals surface area contributed by atoms with Crippen molar-refractivity contribution in [3.05, 3.63) is 106 Å². The fourth-order valence-electron chi connectivity index (χ4n) is 5.60. The van der Waals surface area contributed by atoms with Crippen LogP contribution < -0.4 is 0 Å². The van der Waals surface area contributed by atoms with Gasteiger partial charge in [0.15, 0.2) is 0 Å². The zero-order chi connectivity index (χ0) is 26.2. The zero-order valence-electron chi connectivity index (χ0n) is 22.0. The number of aromatic nitrogens is 4. The van der Waals surface area contributed by atoms with Gasteiger partial charge >= 0.3 is 0 Å².